The van der Waals surface area contributed by atoms with Crippen molar-refractivity contribution in [3.05, 3.63) is 0 Å². The van der Waals surface area contributed by atoms with Gasteiger partial charge < -0.3 is 5.11 Å². The van der Waals surface area contributed by atoms with Crippen molar-refractivity contribution in [2.75, 3.05) is 6.61 Å². The summed E-state index contributed by atoms with van der Waals surface area (Å²) < 4.78 is 25.7. The fourth-order valence-electron chi connectivity index (χ4n) is 1.02. The summed E-state index contributed by atoms with van der Waals surface area (Å²) in [5.41, 5.74) is -0.555. The summed E-state index contributed by atoms with van der Waals surface area (Å²) >= 11 is 0. The fraction of sp³-hybridized carbons (Fsp3) is 1.00. The third-order valence-electron chi connectivity index (χ3n) is 2.63. The largest absolute Gasteiger partial charge is 0.396 e. The van der Waals surface area contributed by atoms with Crippen molar-refractivity contribution in [1.82, 2.24) is 4.72 Å². The Kier molecular flexibility index (Phi) is 4.76. The third-order valence-corrected chi connectivity index (χ3v) is 5.00. The summed E-state index contributed by atoms with van der Waals surface area (Å²) in [6, 6.07) is 0. The summed E-state index contributed by atoms with van der Waals surface area (Å²) in [7, 11) is -3.35. The first-order valence-corrected chi connectivity index (χ1v) is 6.71. The zero-order chi connectivity index (χ0) is 12.3. The van der Waals surface area contributed by atoms with Crippen LogP contribution in [0.3, 0.4) is 0 Å². The van der Waals surface area contributed by atoms with Gasteiger partial charge in [0.05, 0.1) is 4.75 Å². The molecule has 0 aliphatic rings. The van der Waals surface area contributed by atoms with Gasteiger partial charge in [0.15, 0.2) is 0 Å². The zero-order valence-corrected chi connectivity index (χ0v) is 11.1. The molecule has 1 atom stereocenters. The molecule has 0 rings (SSSR count). The van der Waals surface area contributed by atoms with E-state index in [0.29, 0.717) is 12.8 Å². The lowest BCUT2D eigenvalue weighted by Gasteiger charge is -2.32. The number of rotatable bonds is 5. The summed E-state index contributed by atoms with van der Waals surface area (Å²) in [6.45, 7) is 8.67. The van der Waals surface area contributed by atoms with Gasteiger partial charge in [-0.2, -0.15) is 0 Å². The molecule has 0 aliphatic heterocycles. The van der Waals surface area contributed by atoms with E-state index < -0.39 is 20.3 Å². The molecule has 0 saturated heterocycles. The van der Waals surface area contributed by atoms with E-state index in [1.807, 2.05) is 13.8 Å². The molecule has 0 aromatic heterocycles. The lowest BCUT2D eigenvalue weighted by atomic mass is 9.97. The monoisotopic (exact) mass is 237 g/mol. The van der Waals surface area contributed by atoms with Crippen molar-refractivity contribution < 1.29 is 13.5 Å². The Morgan fingerprint density at radius 2 is 1.67 bits per heavy atom. The van der Waals surface area contributed by atoms with Crippen molar-refractivity contribution in [1.29, 1.82) is 0 Å². The Hall–Kier alpha value is -0.130. The van der Waals surface area contributed by atoms with Crippen LogP contribution in [0.25, 0.3) is 0 Å². The normalized spacial score (nSPS) is 17.5. The van der Waals surface area contributed by atoms with Gasteiger partial charge in [0.1, 0.15) is 0 Å². The van der Waals surface area contributed by atoms with Crippen molar-refractivity contribution in [2.45, 2.75) is 57.7 Å². The van der Waals surface area contributed by atoms with Crippen LogP contribution in [0.5, 0.6) is 0 Å². The molecule has 0 fully saturated rings. The molecular weight excluding hydrogens is 214 g/mol. The minimum atomic E-state index is -3.35. The highest BCUT2D eigenvalue weighted by Gasteiger charge is 2.35. The van der Waals surface area contributed by atoms with E-state index in [-0.39, 0.29) is 6.61 Å². The summed E-state index contributed by atoms with van der Waals surface area (Å²) in [5, 5.41) is 8.90. The maximum atomic E-state index is 11.9. The van der Waals surface area contributed by atoms with Gasteiger partial charge in [-0.15, -0.1) is 0 Å². The minimum absolute atomic E-state index is 0.0169. The van der Waals surface area contributed by atoms with E-state index in [2.05, 4.69) is 4.72 Å². The van der Waals surface area contributed by atoms with Gasteiger partial charge in [-0.3, -0.25) is 0 Å². The number of sulfonamides is 1. The predicted molar refractivity (Wildman–Crippen MR) is 62.2 cm³/mol. The SMILES string of the molecule is CCC(C)(CCO)NS(=O)(=O)C(C)(C)C. The van der Waals surface area contributed by atoms with Crippen LogP contribution in [-0.4, -0.2) is 30.4 Å². The molecule has 0 aromatic rings. The smallest absolute Gasteiger partial charge is 0.217 e. The quantitative estimate of drug-likeness (QED) is 0.756. The van der Waals surface area contributed by atoms with Gasteiger partial charge in [-0.1, -0.05) is 6.92 Å². The van der Waals surface area contributed by atoms with E-state index in [1.54, 1.807) is 20.8 Å². The van der Waals surface area contributed by atoms with E-state index in [0.717, 1.165) is 0 Å². The van der Waals surface area contributed by atoms with Gasteiger partial charge in [-0.05, 0) is 40.5 Å². The van der Waals surface area contributed by atoms with Crippen molar-refractivity contribution in [3.63, 3.8) is 0 Å². The van der Waals surface area contributed by atoms with Crippen LogP contribution < -0.4 is 4.72 Å². The van der Waals surface area contributed by atoms with Gasteiger partial charge in [0, 0.05) is 12.1 Å². The molecule has 0 saturated carbocycles. The summed E-state index contributed by atoms with van der Waals surface area (Å²) in [5.74, 6) is 0. The van der Waals surface area contributed by atoms with Crippen molar-refractivity contribution >= 4 is 10.0 Å². The van der Waals surface area contributed by atoms with Crippen LogP contribution in [0.15, 0.2) is 0 Å². The van der Waals surface area contributed by atoms with Crippen LogP contribution in [0.4, 0.5) is 0 Å². The first kappa shape index (κ1) is 14.9. The summed E-state index contributed by atoms with van der Waals surface area (Å²) in [4.78, 5) is 0. The highest BCUT2D eigenvalue weighted by Crippen LogP contribution is 2.21. The minimum Gasteiger partial charge on any atom is -0.396 e. The Balaban J connectivity index is 4.85. The second-order valence-corrected chi connectivity index (χ2v) is 7.54. The number of aliphatic hydroxyl groups is 1. The average Bonchev–Trinajstić information content (AvgIpc) is 2.01. The van der Waals surface area contributed by atoms with Crippen molar-refractivity contribution in [2.24, 2.45) is 0 Å². The van der Waals surface area contributed by atoms with Crippen LogP contribution in [-0.2, 0) is 10.0 Å². The second kappa shape index (κ2) is 4.80. The molecule has 4 nitrogen and oxygen atoms in total. The highest BCUT2D eigenvalue weighted by molar-refractivity contribution is 7.90. The van der Waals surface area contributed by atoms with Crippen molar-refractivity contribution in [3.8, 4) is 0 Å². The standard InChI is InChI=1S/C10H23NO3S/c1-6-10(5,7-8-12)11-15(13,14)9(2,3)4/h11-12H,6-8H2,1-5H3. The van der Waals surface area contributed by atoms with Crippen LogP contribution in [0, 0.1) is 0 Å². The van der Waals surface area contributed by atoms with Gasteiger partial charge in [-0.25, -0.2) is 13.1 Å². The maximum Gasteiger partial charge on any atom is 0.217 e. The molecular formula is C10H23NO3S. The number of aliphatic hydroxyl groups excluding tert-OH is 1. The number of hydrogen-bond acceptors (Lipinski definition) is 3. The molecule has 0 spiro atoms. The molecule has 0 bridgehead atoms. The van der Waals surface area contributed by atoms with E-state index in [4.69, 9.17) is 5.11 Å². The Labute approximate surface area is 93.1 Å². The molecule has 5 heteroatoms. The Bertz CT molecular complexity index is 292. The molecule has 0 amide bonds. The Morgan fingerprint density at radius 1 is 1.20 bits per heavy atom. The first-order chi connectivity index (χ1) is 6.58. The molecule has 2 N–H and O–H groups in total. The molecule has 0 aliphatic carbocycles. The number of nitrogens with one attached hydrogen (secondary N) is 1. The van der Waals surface area contributed by atoms with Crippen LogP contribution in [0.2, 0.25) is 0 Å². The number of hydrogen-bond donors (Lipinski definition) is 2. The van der Waals surface area contributed by atoms with Crippen LogP contribution >= 0.6 is 0 Å². The third kappa shape index (κ3) is 4.09. The lowest BCUT2D eigenvalue weighted by Crippen LogP contribution is -2.51. The zero-order valence-electron chi connectivity index (χ0n) is 10.3. The second-order valence-electron chi connectivity index (χ2n) is 5.11. The molecule has 0 radical (unpaired) electrons. The van der Waals surface area contributed by atoms with E-state index in [9.17, 15) is 8.42 Å². The maximum absolute atomic E-state index is 11.9. The summed E-state index contributed by atoms with van der Waals surface area (Å²) in [6.07, 6.45) is 1.09. The molecule has 1 unspecified atom stereocenters. The van der Waals surface area contributed by atoms with Crippen LogP contribution in [0.1, 0.15) is 47.5 Å². The molecule has 15 heavy (non-hydrogen) atoms. The Morgan fingerprint density at radius 3 is 1.93 bits per heavy atom. The van der Waals surface area contributed by atoms with Gasteiger partial charge >= 0.3 is 0 Å². The average molecular weight is 237 g/mol. The topological polar surface area (TPSA) is 66.4 Å². The molecule has 0 aromatic carbocycles. The van der Waals surface area contributed by atoms with Gasteiger partial charge in [0.25, 0.3) is 0 Å². The van der Waals surface area contributed by atoms with E-state index >= 15 is 0 Å². The molecule has 92 valence electrons. The lowest BCUT2D eigenvalue weighted by molar-refractivity contribution is 0.232. The fourth-order valence-corrected chi connectivity index (χ4v) is 2.23. The van der Waals surface area contributed by atoms with E-state index in [1.165, 1.54) is 0 Å². The van der Waals surface area contributed by atoms with Gasteiger partial charge in [0.2, 0.25) is 10.0 Å². The highest BCUT2D eigenvalue weighted by atomic mass is 32.2. The molecule has 0 heterocycles. The predicted octanol–water partition coefficient (Wildman–Crippen LogP) is 1.26. The first-order valence-electron chi connectivity index (χ1n) is 5.22.